The molecular formula is C22H23BrF3N5O. The van der Waals surface area contributed by atoms with Crippen LogP contribution in [0.5, 0.6) is 0 Å². The Bertz CT molecular complexity index is 1060. The molecule has 170 valence electrons. The molecule has 2 heterocycles. The molecule has 0 spiro atoms. The number of β-amino-alcohol motifs (C(OH)–C–C–N with tert-alkyl or cyclic N) is 1. The second-order valence-corrected chi connectivity index (χ2v) is 8.89. The molecule has 0 amide bonds. The van der Waals surface area contributed by atoms with Gasteiger partial charge in [0.05, 0.1) is 6.54 Å². The third-order valence-electron chi connectivity index (χ3n) is 5.68. The molecule has 32 heavy (non-hydrogen) atoms. The topological polar surface area (TPSA) is 57.4 Å². The van der Waals surface area contributed by atoms with Crippen molar-refractivity contribution in [3.05, 3.63) is 82.1 Å². The minimum atomic E-state index is -1.62. The summed E-state index contributed by atoms with van der Waals surface area (Å²) in [6, 6.07) is 7.86. The van der Waals surface area contributed by atoms with Crippen LogP contribution in [-0.4, -0.2) is 62.4 Å². The van der Waals surface area contributed by atoms with E-state index in [1.54, 1.807) is 6.07 Å². The van der Waals surface area contributed by atoms with Crippen LogP contribution < -0.4 is 0 Å². The van der Waals surface area contributed by atoms with E-state index < -0.39 is 17.2 Å². The monoisotopic (exact) mass is 509 g/mol. The summed E-state index contributed by atoms with van der Waals surface area (Å²) in [6.07, 6.45) is 2.79. The number of hydrogen-bond donors (Lipinski definition) is 1. The smallest absolute Gasteiger partial charge is 0.137 e. The van der Waals surface area contributed by atoms with E-state index in [-0.39, 0.29) is 24.5 Å². The maximum absolute atomic E-state index is 14.6. The normalized spacial score (nSPS) is 17.4. The lowest BCUT2D eigenvalue weighted by atomic mass is 9.92. The van der Waals surface area contributed by atoms with Crippen molar-refractivity contribution >= 4 is 15.9 Å². The Morgan fingerprint density at radius 1 is 0.938 bits per heavy atom. The van der Waals surface area contributed by atoms with Crippen LogP contribution in [0.2, 0.25) is 0 Å². The van der Waals surface area contributed by atoms with Gasteiger partial charge in [0.15, 0.2) is 0 Å². The Balaban J connectivity index is 1.45. The summed E-state index contributed by atoms with van der Waals surface area (Å²) in [6.45, 7) is 3.58. The van der Waals surface area contributed by atoms with Crippen molar-refractivity contribution in [1.29, 1.82) is 0 Å². The summed E-state index contributed by atoms with van der Waals surface area (Å²) in [5.74, 6) is -1.78. The van der Waals surface area contributed by atoms with Crippen molar-refractivity contribution in [3.8, 4) is 0 Å². The van der Waals surface area contributed by atoms with Gasteiger partial charge in [-0.2, -0.15) is 5.10 Å². The van der Waals surface area contributed by atoms with Crippen LogP contribution in [0.4, 0.5) is 13.2 Å². The number of aromatic nitrogens is 3. The second-order valence-electron chi connectivity index (χ2n) is 8.04. The molecule has 1 aromatic heterocycles. The number of rotatable bonds is 7. The van der Waals surface area contributed by atoms with Crippen molar-refractivity contribution in [3.63, 3.8) is 0 Å². The van der Waals surface area contributed by atoms with Gasteiger partial charge >= 0.3 is 0 Å². The van der Waals surface area contributed by atoms with Gasteiger partial charge in [-0.05, 0) is 23.8 Å². The number of aliphatic hydroxyl groups is 1. The van der Waals surface area contributed by atoms with Gasteiger partial charge in [0, 0.05) is 55.4 Å². The lowest BCUT2D eigenvalue weighted by molar-refractivity contribution is -0.0324. The quantitative estimate of drug-likeness (QED) is 0.530. The van der Waals surface area contributed by atoms with Gasteiger partial charge < -0.3 is 5.11 Å². The molecular weight excluding hydrogens is 487 g/mol. The predicted molar refractivity (Wildman–Crippen MR) is 116 cm³/mol. The molecule has 0 radical (unpaired) electrons. The number of halogens is 4. The third-order valence-corrected chi connectivity index (χ3v) is 6.42. The van der Waals surface area contributed by atoms with E-state index in [1.807, 2.05) is 0 Å². The molecule has 1 fully saturated rings. The molecule has 10 heteroatoms. The molecule has 1 N–H and O–H groups in total. The average molecular weight is 510 g/mol. The fourth-order valence-corrected chi connectivity index (χ4v) is 4.51. The van der Waals surface area contributed by atoms with E-state index in [4.69, 9.17) is 0 Å². The highest BCUT2D eigenvalue weighted by molar-refractivity contribution is 9.10. The van der Waals surface area contributed by atoms with Crippen molar-refractivity contribution in [2.75, 3.05) is 32.7 Å². The number of piperazine rings is 1. The largest absolute Gasteiger partial charge is 0.382 e. The van der Waals surface area contributed by atoms with Crippen LogP contribution in [0, 0.1) is 17.5 Å². The van der Waals surface area contributed by atoms with Gasteiger partial charge in [-0.1, -0.05) is 28.1 Å². The third kappa shape index (κ3) is 5.37. The van der Waals surface area contributed by atoms with Gasteiger partial charge in [0.2, 0.25) is 0 Å². The molecule has 1 atom stereocenters. The average Bonchev–Trinajstić information content (AvgIpc) is 3.24. The number of benzene rings is 2. The predicted octanol–water partition coefficient (Wildman–Crippen LogP) is 3.16. The molecule has 0 bridgehead atoms. The molecule has 0 saturated carbocycles. The second kappa shape index (κ2) is 9.70. The molecule has 2 aromatic carbocycles. The molecule has 3 aromatic rings. The highest BCUT2D eigenvalue weighted by atomic mass is 79.9. The Morgan fingerprint density at radius 3 is 2.28 bits per heavy atom. The Morgan fingerprint density at radius 2 is 1.62 bits per heavy atom. The molecule has 6 nitrogen and oxygen atoms in total. The molecule has 1 aliphatic heterocycles. The van der Waals surface area contributed by atoms with Crippen LogP contribution in [0.3, 0.4) is 0 Å². The minimum absolute atomic E-state index is 0.0156. The van der Waals surface area contributed by atoms with Crippen molar-refractivity contribution < 1.29 is 18.3 Å². The fourth-order valence-electron chi connectivity index (χ4n) is 4.04. The highest BCUT2D eigenvalue weighted by Gasteiger charge is 2.36. The lowest BCUT2D eigenvalue weighted by Gasteiger charge is -2.39. The van der Waals surface area contributed by atoms with Gasteiger partial charge in [0.25, 0.3) is 0 Å². The van der Waals surface area contributed by atoms with Crippen molar-refractivity contribution in [1.82, 2.24) is 24.6 Å². The van der Waals surface area contributed by atoms with Crippen LogP contribution in [0.25, 0.3) is 0 Å². The zero-order valence-corrected chi connectivity index (χ0v) is 18.8. The standard InChI is InChI=1S/C22H23BrF3N5O/c23-20-9-17(24)2-1-16(20)11-29-5-7-30(8-6-29)12-22(32,13-31-15-27-14-28-31)19-4-3-18(25)10-21(19)26/h1-4,9-10,14-15,32H,5-8,11-13H2. The van der Waals surface area contributed by atoms with Gasteiger partial charge in [-0.15, -0.1) is 0 Å². The summed E-state index contributed by atoms with van der Waals surface area (Å²) >= 11 is 3.41. The van der Waals surface area contributed by atoms with Gasteiger partial charge in [-0.3, -0.25) is 9.80 Å². The zero-order chi connectivity index (χ0) is 22.7. The molecule has 1 saturated heterocycles. The summed E-state index contributed by atoms with van der Waals surface area (Å²) in [5.41, 5.74) is -0.601. The van der Waals surface area contributed by atoms with E-state index in [9.17, 15) is 18.3 Å². The highest BCUT2D eigenvalue weighted by Crippen LogP contribution is 2.28. The first-order valence-electron chi connectivity index (χ1n) is 10.2. The van der Waals surface area contributed by atoms with Gasteiger partial charge in [-0.25, -0.2) is 22.8 Å². The Labute approximate surface area is 192 Å². The molecule has 4 rings (SSSR count). The summed E-state index contributed by atoms with van der Waals surface area (Å²) < 4.78 is 43.5. The van der Waals surface area contributed by atoms with E-state index in [1.165, 1.54) is 35.5 Å². The van der Waals surface area contributed by atoms with E-state index in [0.29, 0.717) is 19.6 Å². The summed E-state index contributed by atoms with van der Waals surface area (Å²) in [7, 11) is 0. The van der Waals surface area contributed by atoms with Crippen LogP contribution >= 0.6 is 15.9 Å². The zero-order valence-electron chi connectivity index (χ0n) is 17.3. The first-order chi connectivity index (χ1) is 15.3. The van der Waals surface area contributed by atoms with E-state index >= 15 is 0 Å². The summed E-state index contributed by atoms with van der Waals surface area (Å²) in [5, 5.41) is 15.5. The fraction of sp³-hybridized carbons (Fsp3) is 0.364. The van der Waals surface area contributed by atoms with Crippen molar-refractivity contribution in [2.45, 2.75) is 18.7 Å². The maximum atomic E-state index is 14.6. The van der Waals surface area contributed by atoms with Crippen molar-refractivity contribution in [2.24, 2.45) is 0 Å². The van der Waals surface area contributed by atoms with E-state index in [2.05, 4.69) is 35.8 Å². The van der Waals surface area contributed by atoms with E-state index in [0.717, 1.165) is 35.3 Å². The SMILES string of the molecule is OC(CN1CCN(Cc2ccc(F)cc2Br)CC1)(Cn1cncn1)c1ccc(F)cc1F. The lowest BCUT2D eigenvalue weighted by Crippen LogP contribution is -2.52. The first kappa shape index (κ1) is 22.9. The molecule has 1 unspecified atom stereocenters. The Kier molecular flexibility index (Phi) is 6.94. The summed E-state index contributed by atoms with van der Waals surface area (Å²) in [4.78, 5) is 8.18. The van der Waals surface area contributed by atoms with Crippen LogP contribution in [0.1, 0.15) is 11.1 Å². The number of hydrogen-bond acceptors (Lipinski definition) is 5. The maximum Gasteiger partial charge on any atom is 0.137 e. The van der Waals surface area contributed by atoms with Gasteiger partial charge in [0.1, 0.15) is 35.7 Å². The first-order valence-corrected chi connectivity index (χ1v) is 11.0. The van der Waals surface area contributed by atoms with Crippen LogP contribution in [0.15, 0.2) is 53.5 Å². The van der Waals surface area contributed by atoms with Crippen LogP contribution in [-0.2, 0) is 18.7 Å². The molecule has 0 aliphatic carbocycles. The minimum Gasteiger partial charge on any atom is -0.382 e. The Hall–Kier alpha value is -2.27. The number of nitrogens with zero attached hydrogens (tertiary/aromatic N) is 5. The molecule has 1 aliphatic rings.